The number of fused-ring (bicyclic) bond motifs is 3. The SMILES string of the molecule is C[C@@H]1CN(C(=O)[C@@H](C)Nc2ccc3oc4ccccc4c3c2)C[C@H](C)O1. The molecule has 2 aromatic carbocycles. The summed E-state index contributed by atoms with van der Waals surface area (Å²) in [5.41, 5.74) is 2.64. The van der Waals surface area contributed by atoms with E-state index in [4.69, 9.17) is 9.15 Å². The topological polar surface area (TPSA) is 54.7 Å². The van der Waals surface area contributed by atoms with Crippen LogP contribution in [-0.4, -0.2) is 42.1 Å². The summed E-state index contributed by atoms with van der Waals surface area (Å²) in [5.74, 6) is 0.101. The maximum Gasteiger partial charge on any atom is 0.244 e. The molecule has 2 heterocycles. The van der Waals surface area contributed by atoms with Gasteiger partial charge >= 0.3 is 0 Å². The smallest absolute Gasteiger partial charge is 0.244 e. The standard InChI is InChI=1S/C21H24N2O3/c1-13-11-23(12-14(2)25-13)21(24)15(3)22-16-8-9-20-18(10-16)17-6-4-5-7-19(17)26-20/h4-10,13-15,22H,11-12H2,1-3H3/t13-,14+,15-/m1/s1. The number of amides is 1. The van der Waals surface area contributed by atoms with Gasteiger partial charge in [0.05, 0.1) is 12.2 Å². The molecule has 0 spiro atoms. The van der Waals surface area contributed by atoms with Gasteiger partial charge in [-0.1, -0.05) is 18.2 Å². The van der Waals surface area contributed by atoms with Crippen LogP contribution in [0.3, 0.4) is 0 Å². The zero-order chi connectivity index (χ0) is 18.3. The number of rotatable bonds is 3. The Bertz CT molecular complexity index is 939. The van der Waals surface area contributed by atoms with E-state index in [0.29, 0.717) is 13.1 Å². The third-order valence-corrected chi connectivity index (χ3v) is 4.86. The van der Waals surface area contributed by atoms with Gasteiger partial charge in [-0.3, -0.25) is 4.79 Å². The maximum absolute atomic E-state index is 12.8. The van der Waals surface area contributed by atoms with E-state index in [-0.39, 0.29) is 24.2 Å². The zero-order valence-electron chi connectivity index (χ0n) is 15.4. The normalized spacial score (nSPS) is 21.9. The second-order valence-corrected chi connectivity index (χ2v) is 7.18. The fourth-order valence-electron chi connectivity index (χ4n) is 3.76. The van der Waals surface area contributed by atoms with E-state index < -0.39 is 0 Å². The van der Waals surface area contributed by atoms with Crippen molar-refractivity contribution in [3.05, 3.63) is 42.5 Å². The van der Waals surface area contributed by atoms with Crippen LogP contribution in [0.25, 0.3) is 21.9 Å². The van der Waals surface area contributed by atoms with Gasteiger partial charge in [0, 0.05) is 29.5 Å². The first-order valence-corrected chi connectivity index (χ1v) is 9.13. The monoisotopic (exact) mass is 352 g/mol. The number of carbonyl (C=O) groups excluding carboxylic acids is 1. The van der Waals surface area contributed by atoms with Gasteiger partial charge in [-0.25, -0.2) is 0 Å². The molecule has 1 saturated heterocycles. The quantitative estimate of drug-likeness (QED) is 0.773. The van der Waals surface area contributed by atoms with Crippen molar-refractivity contribution in [1.29, 1.82) is 0 Å². The van der Waals surface area contributed by atoms with Crippen LogP contribution < -0.4 is 5.32 Å². The van der Waals surface area contributed by atoms with Gasteiger partial charge in [0.25, 0.3) is 0 Å². The largest absolute Gasteiger partial charge is 0.456 e. The average molecular weight is 352 g/mol. The first kappa shape index (κ1) is 16.9. The number of furan rings is 1. The lowest BCUT2D eigenvalue weighted by atomic mass is 10.1. The molecular weight excluding hydrogens is 328 g/mol. The van der Waals surface area contributed by atoms with E-state index in [9.17, 15) is 4.79 Å². The van der Waals surface area contributed by atoms with E-state index in [2.05, 4.69) is 17.4 Å². The molecule has 136 valence electrons. The molecule has 0 radical (unpaired) electrons. The van der Waals surface area contributed by atoms with Crippen LogP contribution in [0.2, 0.25) is 0 Å². The van der Waals surface area contributed by atoms with Crippen LogP contribution in [-0.2, 0) is 9.53 Å². The van der Waals surface area contributed by atoms with Crippen molar-refractivity contribution in [2.45, 2.75) is 39.0 Å². The molecule has 0 aliphatic carbocycles. The lowest BCUT2D eigenvalue weighted by Crippen LogP contribution is -2.52. The third-order valence-electron chi connectivity index (χ3n) is 4.86. The molecule has 1 fully saturated rings. The van der Waals surface area contributed by atoms with Gasteiger partial charge in [0.15, 0.2) is 0 Å². The first-order chi connectivity index (χ1) is 12.5. The van der Waals surface area contributed by atoms with Gasteiger partial charge in [-0.2, -0.15) is 0 Å². The summed E-state index contributed by atoms with van der Waals surface area (Å²) in [6.45, 7) is 7.20. The highest BCUT2D eigenvalue weighted by Crippen LogP contribution is 2.30. The Balaban J connectivity index is 1.54. The number of hydrogen-bond acceptors (Lipinski definition) is 4. The summed E-state index contributed by atoms with van der Waals surface area (Å²) in [5, 5.41) is 5.48. The molecule has 0 saturated carbocycles. The summed E-state index contributed by atoms with van der Waals surface area (Å²) in [4.78, 5) is 14.7. The fourth-order valence-corrected chi connectivity index (χ4v) is 3.76. The van der Waals surface area contributed by atoms with Gasteiger partial charge < -0.3 is 19.4 Å². The van der Waals surface area contributed by atoms with Crippen molar-refractivity contribution < 1.29 is 13.9 Å². The number of nitrogens with one attached hydrogen (secondary N) is 1. The molecule has 3 atom stereocenters. The van der Waals surface area contributed by atoms with Crippen LogP contribution in [0.4, 0.5) is 5.69 Å². The molecule has 26 heavy (non-hydrogen) atoms. The van der Waals surface area contributed by atoms with Crippen LogP contribution in [0.5, 0.6) is 0 Å². The predicted molar refractivity (Wildman–Crippen MR) is 103 cm³/mol. The van der Waals surface area contributed by atoms with Crippen molar-refractivity contribution >= 4 is 33.5 Å². The van der Waals surface area contributed by atoms with Gasteiger partial charge in [0.1, 0.15) is 17.2 Å². The van der Waals surface area contributed by atoms with E-state index in [0.717, 1.165) is 27.6 Å². The second kappa shape index (κ2) is 6.65. The van der Waals surface area contributed by atoms with Crippen molar-refractivity contribution in [2.24, 2.45) is 0 Å². The first-order valence-electron chi connectivity index (χ1n) is 9.13. The lowest BCUT2D eigenvalue weighted by molar-refractivity contribution is -0.143. The van der Waals surface area contributed by atoms with Gasteiger partial charge in [0.2, 0.25) is 5.91 Å². The van der Waals surface area contributed by atoms with E-state index in [1.54, 1.807) is 0 Å². The van der Waals surface area contributed by atoms with Crippen LogP contribution in [0, 0.1) is 0 Å². The summed E-state index contributed by atoms with van der Waals surface area (Å²) in [7, 11) is 0. The summed E-state index contributed by atoms with van der Waals surface area (Å²) >= 11 is 0. The van der Waals surface area contributed by atoms with Crippen molar-refractivity contribution in [2.75, 3.05) is 18.4 Å². The van der Waals surface area contributed by atoms with E-state index >= 15 is 0 Å². The number of morpholine rings is 1. The van der Waals surface area contributed by atoms with Gasteiger partial charge in [-0.15, -0.1) is 0 Å². The van der Waals surface area contributed by atoms with Crippen LogP contribution >= 0.6 is 0 Å². The van der Waals surface area contributed by atoms with E-state index in [1.165, 1.54) is 0 Å². The Morgan fingerprint density at radius 1 is 1.08 bits per heavy atom. The second-order valence-electron chi connectivity index (χ2n) is 7.18. The van der Waals surface area contributed by atoms with Crippen LogP contribution in [0.15, 0.2) is 46.9 Å². The number of hydrogen-bond donors (Lipinski definition) is 1. The minimum absolute atomic E-state index is 0.0727. The minimum atomic E-state index is -0.303. The summed E-state index contributed by atoms with van der Waals surface area (Å²) in [6, 6.07) is 13.6. The molecular formula is C21H24N2O3. The Hall–Kier alpha value is -2.53. The number of ether oxygens (including phenoxy) is 1. The molecule has 1 aromatic heterocycles. The molecule has 0 bridgehead atoms. The number of nitrogens with zero attached hydrogens (tertiary/aromatic N) is 1. The number of carbonyl (C=O) groups is 1. The molecule has 1 aliphatic heterocycles. The molecule has 1 aliphatic rings. The average Bonchev–Trinajstić information content (AvgIpc) is 2.98. The number of benzene rings is 2. The van der Waals surface area contributed by atoms with Crippen molar-refractivity contribution in [1.82, 2.24) is 4.90 Å². The Labute approximate surface area is 152 Å². The molecule has 5 nitrogen and oxygen atoms in total. The Morgan fingerprint density at radius 3 is 2.54 bits per heavy atom. The molecule has 0 unspecified atom stereocenters. The fraction of sp³-hybridized carbons (Fsp3) is 0.381. The highest BCUT2D eigenvalue weighted by Gasteiger charge is 2.28. The van der Waals surface area contributed by atoms with Crippen molar-refractivity contribution in [3.8, 4) is 0 Å². The van der Waals surface area contributed by atoms with Crippen molar-refractivity contribution in [3.63, 3.8) is 0 Å². The highest BCUT2D eigenvalue weighted by atomic mass is 16.5. The Morgan fingerprint density at radius 2 is 1.77 bits per heavy atom. The number of anilines is 1. The molecule has 3 aromatic rings. The zero-order valence-corrected chi connectivity index (χ0v) is 15.4. The molecule has 1 N–H and O–H groups in total. The molecule has 5 heteroatoms. The summed E-state index contributed by atoms with van der Waals surface area (Å²) in [6.07, 6.45) is 0.145. The lowest BCUT2D eigenvalue weighted by Gasteiger charge is -2.36. The molecule has 1 amide bonds. The minimum Gasteiger partial charge on any atom is -0.456 e. The maximum atomic E-state index is 12.8. The predicted octanol–water partition coefficient (Wildman–Crippen LogP) is 4.02. The summed E-state index contributed by atoms with van der Waals surface area (Å²) < 4.78 is 11.6. The number of para-hydroxylation sites is 1. The van der Waals surface area contributed by atoms with Crippen LogP contribution in [0.1, 0.15) is 20.8 Å². The molecule has 4 rings (SSSR count). The Kier molecular flexibility index (Phi) is 4.32. The van der Waals surface area contributed by atoms with E-state index in [1.807, 2.05) is 56.0 Å². The highest BCUT2D eigenvalue weighted by molar-refractivity contribution is 6.06. The third kappa shape index (κ3) is 3.15. The van der Waals surface area contributed by atoms with Gasteiger partial charge in [-0.05, 0) is 45.0 Å².